The van der Waals surface area contributed by atoms with Gasteiger partial charge in [0.2, 0.25) is 5.88 Å². The molecule has 0 N–H and O–H groups in total. The highest BCUT2D eigenvalue weighted by Crippen LogP contribution is 2.33. The first-order valence-corrected chi connectivity index (χ1v) is 10.2. The zero-order chi connectivity index (χ0) is 22.6. The molecule has 2 aromatic carbocycles. The van der Waals surface area contributed by atoms with E-state index in [1.165, 1.54) is 18.2 Å². The molecule has 162 valence electrons. The number of alkyl halides is 3. The van der Waals surface area contributed by atoms with Crippen molar-refractivity contribution >= 4 is 29.0 Å². The van der Waals surface area contributed by atoms with Gasteiger partial charge in [0.1, 0.15) is 10.8 Å². The molecule has 1 heterocycles. The van der Waals surface area contributed by atoms with E-state index in [-0.39, 0.29) is 17.9 Å². The number of ketones is 1. The molecular weight excluding hydrogens is 450 g/mol. The van der Waals surface area contributed by atoms with Gasteiger partial charge in [0.25, 0.3) is 0 Å². The fraction of sp³-hybridized carbons (Fsp3) is 0.217. The van der Waals surface area contributed by atoms with Crippen LogP contribution in [0.3, 0.4) is 0 Å². The van der Waals surface area contributed by atoms with Crippen LogP contribution in [-0.4, -0.2) is 10.8 Å². The van der Waals surface area contributed by atoms with E-state index in [1.807, 2.05) is 6.92 Å². The third-order valence-corrected chi connectivity index (χ3v) is 5.19. The quantitative estimate of drug-likeness (QED) is 0.334. The van der Waals surface area contributed by atoms with Gasteiger partial charge in [0.05, 0.1) is 5.56 Å². The van der Waals surface area contributed by atoms with Crippen molar-refractivity contribution in [2.45, 2.75) is 32.4 Å². The van der Waals surface area contributed by atoms with Crippen LogP contribution in [0.25, 0.3) is 0 Å². The van der Waals surface area contributed by atoms with Crippen molar-refractivity contribution in [3.05, 3.63) is 87.0 Å². The Kier molecular flexibility index (Phi) is 7.23. The van der Waals surface area contributed by atoms with Crippen molar-refractivity contribution in [2.24, 2.45) is 0 Å². The van der Waals surface area contributed by atoms with E-state index in [1.54, 1.807) is 30.5 Å². The highest BCUT2D eigenvalue weighted by Gasteiger charge is 2.34. The van der Waals surface area contributed by atoms with Gasteiger partial charge in [-0.1, -0.05) is 47.5 Å². The molecule has 31 heavy (non-hydrogen) atoms. The molecule has 0 saturated heterocycles. The first-order chi connectivity index (χ1) is 14.6. The topological polar surface area (TPSA) is 39.2 Å². The number of Topliss-reactive ketones (excluding diaryl/α,β-unsaturated/α-hetero) is 1. The lowest BCUT2D eigenvalue weighted by molar-refractivity contribution is -0.137. The fourth-order valence-corrected chi connectivity index (χ4v) is 3.57. The maximum atomic E-state index is 13.1. The predicted molar refractivity (Wildman–Crippen MR) is 114 cm³/mol. The average molecular weight is 468 g/mol. The van der Waals surface area contributed by atoms with Gasteiger partial charge in [0, 0.05) is 23.2 Å². The molecular formula is C23H18Cl2F3NO2. The van der Waals surface area contributed by atoms with Gasteiger partial charge in [-0.2, -0.15) is 13.2 Å². The summed E-state index contributed by atoms with van der Waals surface area (Å²) in [5.41, 5.74) is 0.433. The summed E-state index contributed by atoms with van der Waals surface area (Å²) in [6.07, 6.45) is -2.17. The third-order valence-electron chi connectivity index (χ3n) is 4.57. The summed E-state index contributed by atoms with van der Waals surface area (Å²) in [6.45, 7) is 1.86. The van der Waals surface area contributed by atoms with Gasteiger partial charge in [-0.3, -0.25) is 4.79 Å². The van der Waals surface area contributed by atoms with Crippen LogP contribution in [0.5, 0.6) is 11.6 Å². The predicted octanol–water partition coefficient (Wildman–Crippen LogP) is 7.71. The Bertz CT molecular complexity index is 1100. The van der Waals surface area contributed by atoms with Crippen LogP contribution in [0.15, 0.2) is 54.7 Å². The van der Waals surface area contributed by atoms with Crippen LogP contribution in [0.1, 0.15) is 39.9 Å². The van der Waals surface area contributed by atoms with Gasteiger partial charge >= 0.3 is 6.18 Å². The number of pyridine rings is 1. The van der Waals surface area contributed by atoms with Gasteiger partial charge < -0.3 is 4.74 Å². The largest absolute Gasteiger partial charge is 0.437 e. The molecule has 0 atom stereocenters. The normalized spacial score (nSPS) is 11.4. The van der Waals surface area contributed by atoms with Crippen LogP contribution >= 0.6 is 23.2 Å². The van der Waals surface area contributed by atoms with E-state index in [4.69, 9.17) is 27.9 Å². The van der Waals surface area contributed by atoms with Gasteiger partial charge in [-0.15, -0.1) is 0 Å². The van der Waals surface area contributed by atoms with Crippen molar-refractivity contribution in [2.75, 3.05) is 0 Å². The van der Waals surface area contributed by atoms with Gasteiger partial charge in [-0.25, -0.2) is 4.98 Å². The highest BCUT2D eigenvalue weighted by atomic mass is 35.5. The number of nitrogens with zero attached hydrogens (tertiary/aromatic N) is 1. The minimum atomic E-state index is -4.57. The van der Waals surface area contributed by atoms with Crippen molar-refractivity contribution in [1.29, 1.82) is 0 Å². The molecule has 0 bridgehead atoms. The zero-order valence-electron chi connectivity index (χ0n) is 16.5. The van der Waals surface area contributed by atoms with Crippen molar-refractivity contribution in [3.8, 4) is 11.6 Å². The number of rotatable bonds is 7. The molecule has 0 spiro atoms. The zero-order valence-corrected chi connectivity index (χ0v) is 18.0. The van der Waals surface area contributed by atoms with E-state index >= 15 is 0 Å². The Balaban J connectivity index is 1.62. The van der Waals surface area contributed by atoms with Crippen molar-refractivity contribution in [1.82, 2.24) is 4.98 Å². The molecule has 0 fully saturated rings. The first kappa shape index (κ1) is 23.1. The maximum absolute atomic E-state index is 13.1. The van der Waals surface area contributed by atoms with E-state index < -0.39 is 17.5 Å². The lowest BCUT2D eigenvalue weighted by Gasteiger charge is -2.12. The fourth-order valence-electron chi connectivity index (χ4n) is 3.05. The molecule has 0 saturated carbocycles. The molecule has 0 aliphatic carbocycles. The number of ether oxygens (including phenoxy) is 1. The highest BCUT2D eigenvalue weighted by molar-refractivity contribution is 6.32. The number of hydrogen-bond donors (Lipinski definition) is 0. The van der Waals surface area contributed by atoms with Crippen molar-refractivity contribution < 1.29 is 22.7 Å². The second-order valence-electron chi connectivity index (χ2n) is 6.97. The lowest BCUT2D eigenvalue weighted by atomic mass is 9.98. The molecule has 0 radical (unpaired) electrons. The number of hydrogen-bond acceptors (Lipinski definition) is 3. The molecule has 0 aliphatic rings. The molecule has 1 aromatic heterocycles. The Labute approximate surface area is 187 Å². The number of benzene rings is 2. The number of aromatic nitrogens is 1. The summed E-state index contributed by atoms with van der Waals surface area (Å²) >= 11 is 12.4. The molecule has 0 aliphatic heterocycles. The summed E-state index contributed by atoms with van der Waals surface area (Å²) in [6, 6.07) is 11.6. The summed E-state index contributed by atoms with van der Waals surface area (Å²) in [7, 11) is 0. The lowest BCUT2D eigenvalue weighted by Crippen LogP contribution is -2.13. The summed E-state index contributed by atoms with van der Waals surface area (Å²) in [5.74, 6) is 0.149. The third kappa shape index (κ3) is 5.99. The van der Waals surface area contributed by atoms with Gasteiger partial charge in [-0.05, 0) is 55.2 Å². The van der Waals surface area contributed by atoms with E-state index in [9.17, 15) is 18.0 Å². The number of aryl methyl sites for hydroxylation is 2. The number of carbonyl (C=O) groups excluding carboxylic acids is 1. The Morgan fingerprint density at radius 2 is 1.81 bits per heavy atom. The Morgan fingerprint density at radius 3 is 2.48 bits per heavy atom. The Morgan fingerprint density at radius 1 is 1.06 bits per heavy atom. The summed E-state index contributed by atoms with van der Waals surface area (Å²) in [4.78, 5) is 16.5. The van der Waals surface area contributed by atoms with Crippen LogP contribution in [0.2, 0.25) is 10.0 Å². The van der Waals surface area contributed by atoms with Crippen LogP contribution in [-0.2, 0) is 12.6 Å². The second-order valence-corrected chi connectivity index (χ2v) is 7.79. The maximum Gasteiger partial charge on any atom is 0.417 e. The van der Waals surface area contributed by atoms with Crippen LogP contribution < -0.4 is 4.74 Å². The monoisotopic (exact) mass is 467 g/mol. The van der Waals surface area contributed by atoms with E-state index in [0.717, 1.165) is 17.2 Å². The van der Waals surface area contributed by atoms with Crippen molar-refractivity contribution in [3.63, 3.8) is 0 Å². The van der Waals surface area contributed by atoms with Crippen LogP contribution in [0, 0.1) is 6.92 Å². The molecule has 3 aromatic rings. The molecule has 3 rings (SSSR count). The smallest absolute Gasteiger partial charge is 0.417 e. The molecule has 3 nitrogen and oxygen atoms in total. The minimum Gasteiger partial charge on any atom is -0.437 e. The summed E-state index contributed by atoms with van der Waals surface area (Å²) < 4.78 is 44.9. The van der Waals surface area contributed by atoms with E-state index in [2.05, 4.69) is 4.98 Å². The molecule has 8 heteroatoms. The molecule has 0 amide bonds. The standard InChI is InChI=1S/C23H18Cl2F3NO2/c1-14-11-20(25)22(29-13-14)31-16-10-9-15(19(24)12-16)5-4-8-21(30)17-6-2-3-7-18(17)23(26,27)28/h2-3,6-7,9-13H,4-5,8H2,1H3. The number of carbonyl (C=O) groups is 1. The summed E-state index contributed by atoms with van der Waals surface area (Å²) in [5, 5.41) is 0.793. The number of halogens is 5. The minimum absolute atomic E-state index is 0.0232. The first-order valence-electron chi connectivity index (χ1n) is 9.43. The SMILES string of the molecule is Cc1cnc(Oc2ccc(CCCC(=O)c3ccccc3C(F)(F)F)c(Cl)c2)c(Cl)c1. The Hall–Kier alpha value is -2.57. The second kappa shape index (κ2) is 9.71. The van der Waals surface area contributed by atoms with Gasteiger partial charge in [0.15, 0.2) is 5.78 Å². The average Bonchev–Trinajstić information content (AvgIpc) is 2.71. The van der Waals surface area contributed by atoms with Crippen LogP contribution in [0.4, 0.5) is 13.2 Å². The molecule has 0 unspecified atom stereocenters. The van der Waals surface area contributed by atoms with E-state index in [0.29, 0.717) is 28.6 Å².